The summed E-state index contributed by atoms with van der Waals surface area (Å²) in [6.07, 6.45) is 3.79. The van der Waals surface area contributed by atoms with Gasteiger partial charge in [-0.2, -0.15) is 0 Å². The first kappa shape index (κ1) is 33.8. The number of benzene rings is 2. The summed E-state index contributed by atoms with van der Waals surface area (Å²) >= 11 is 0. The lowest BCUT2D eigenvalue weighted by Gasteiger charge is -2.31. The van der Waals surface area contributed by atoms with E-state index in [9.17, 15) is 9.36 Å². The third kappa shape index (κ3) is 8.35. The van der Waals surface area contributed by atoms with Crippen LogP contribution in [0.3, 0.4) is 0 Å². The van der Waals surface area contributed by atoms with Gasteiger partial charge in [-0.15, -0.1) is 0 Å². The van der Waals surface area contributed by atoms with Crippen LogP contribution in [0.2, 0.25) is 0 Å². The minimum absolute atomic E-state index is 0.0777. The van der Waals surface area contributed by atoms with Crippen LogP contribution >= 0.6 is 7.37 Å². The number of hydrogen-bond donors (Lipinski definition) is 0. The van der Waals surface area contributed by atoms with E-state index in [-0.39, 0.29) is 18.0 Å². The molecule has 0 N–H and O–H groups in total. The highest BCUT2D eigenvalue weighted by Gasteiger charge is 2.36. The average molecular weight is 625 g/mol. The van der Waals surface area contributed by atoms with E-state index in [2.05, 4.69) is 37.6 Å². The summed E-state index contributed by atoms with van der Waals surface area (Å²) in [6, 6.07) is 13.2. The van der Waals surface area contributed by atoms with Crippen LogP contribution in [0, 0.1) is 18.7 Å². The van der Waals surface area contributed by atoms with Gasteiger partial charge in [-0.05, 0) is 107 Å². The number of carbonyl (C=O) groups is 1. The summed E-state index contributed by atoms with van der Waals surface area (Å²) in [7, 11) is -1.25. The molecule has 3 aromatic rings. The molecule has 0 spiro atoms. The van der Waals surface area contributed by atoms with E-state index in [4.69, 9.17) is 14.0 Å². The van der Waals surface area contributed by atoms with E-state index in [1.54, 1.807) is 18.8 Å². The number of rotatable bonds is 14. The van der Waals surface area contributed by atoms with Crippen LogP contribution < -0.4 is 9.47 Å². The van der Waals surface area contributed by atoms with Crippen molar-refractivity contribution in [2.24, 2.45) is 5.92 Å². The Bertz CT molecular complexity index is 1510. The number of hydrogen-bond acceptors (Lipinski definition) is 7. The van der Waals surface area contributed by atoms with Gasteiger partial charge in [0.25, 0.3) is 0 Å². The summed E-state index contributed by atoms with van der Waals surface area (Å²) in [6.45, 7) is 14.8. The quantitative estimate of drug-likeness (QED) is 0.101. The van der Waals surface area contributed by atoms with Crippen LogP contribution in [0.4, 0.5) is 4.39 Å². The molecule has 1 saturated carbocycles. The number of methoxy groups -OCH3 is 1. The second-order valence-electron chi connectivity index (χ2n) is 12.4. The highest BCUT2D eigenvalue weighted by molar-refractivity contribution is 7.58. The molecule has 0 amide bonds. The van der Waals surface area contributed by atoms with Crippen molar-refractivity contribution in [1.29, 1.82) is 0 Å². The number of halogens is 1. The fourth-order valence-electron chi connectivity index (χ4n) is 5.93. The van der Waals surface area contributed by atoms with E-state index < -0.39 is 19.2 Å². The standard InChI is InChI=1S/C35H46FN2O5P/c1-9-42-44(8,40)21-32(25-13-14-25)26-11-10-12-28(16-26)43-35(39)29-17-27(20-38(22(2)3)23(4)5)30(15-24(29)6)31-18-34(41-7)37-19-33(31)36/h10-12,15-19,22-23,25,32H,9,13-14,20-21H2,1-8H3/t32-,44?/m1/s1. The van der Waals surface area contributed by atoms with E-state index in [0.29, 0.717) is 59.1 Å². The van der Waals surface area contributed by atoms with Gasteiger partial charge in [0, 0.05) is 43.1 Å². The van der Waals surface area contributed by atoms with Crippen LogP contribution in [0.1, 0.15) is 80.4 Å². The van der Waals surface area contributed by atoms with Gasteiger partial charge in [-0.1, -0.05) is 18.2 Å². The summed E-state index contributed by atoms with van der Waals surface area (Å²) in [4.78, 5) is 20.0. The largest absolute Gasteiger partial charge is 0.481 e. The normalized spacial score (nSPS) is 15.5. The monoisotopic (exact) mass is 624 g/mol. The first-order valence-corrected chi connectivity index (χ1v) is 17.7. The molecule has 2 atom stereocenters. The number of nitrogens with zero attached hydrogens (tertiary/aromatic N) is 2. The summed E-state index contributed by atoms with van der Waals surface area (Å²) in [5.74, 6) is 0.312. The van der Waals surface area contributed by atoms with Crippen LogP contribution in [-0.2, 0) is 15.6 Å². The Morgan fingerprint density at radius 1 is 1.09 bits per heavy atom. The van der Waals surface area contributed by atoms with Gasteiger partial charge in [0.15, 0.2) is 0 Å². The molecule has 1 heterocycles. The molecule has 1 aromatic heterocycles. The Labute approximate surface area is 261 Å². The van der Waals surface area contributed by atoms with Gasteiger partial charge >= 0.3 is 5.97 Å². The number of aromatic nitrogens is 1. The molecule has 9 heteroatoms. The summed E-state index contributed by atoms with van der Waals surface area (Å²) in [5.41, 5.74) is 3.92. The third-order valence-electron chi connectivity index (χ3n) is 8.30. The smallest absolute Gasteiger partial charge is 0.343 e. The molecule has 2 aromatic carbocycles. The zero-order chi connectivity index (χ0) is 32.2. The zero-order valence-electron chi connectivity index (χ0n) is 27.2. The van der Waals surface area contributed by atoms with Gasteiger partial charge in [0.1, 0.15) is 11.6 Å². The fraction of sp³-hybridized carbons (Fsp3) is 0.486. The first-order chi connectivity index (χ1) is 20.8. The molecule has 238 valence electrons. The number of esters is 1. The lowest BCUT2D eigenvalue weighted by molar-refractivity contribution is 0.0733. The van der Waals surface area contributed by atoms with Gasteiger partial charge in [-0.3, -0.25) is 9.46 Å². The van der Waals surface area contributed by atoms with E-state index >= 15 is 4.39 Å². The van der Waals surface area contributed by atoms with Gasteiger partial charge in [0.05, 0.1) is 25.5 Å². The van der Waals surface area contributed by atoms with E-state index in [1.807, 2.05) is 44.2 Å². The molecule has 4 rings (SSSR count). The maximum atomic E-state index is 15.2. The molecular formula is C35H46FN2O5P. The number of aryl methyl sites for hydroxylation is 1. The first-order valence-electron chi connectivity index (χ1n) is 15.5. The lowest BCUT2D eigenvalue weighted by Crippen LogP contribution is -2.36. The van der Waals surface area contributed by atoms with Crippen molar-refractivity contribution in [2.75, 3.05) is 26.5 Å². The Kier molecular flexibility index (Phi) is 11.0. The highest BCUT2D eigenvalue weighted by atomic mass is 31.2. The van der Waals surface area contributed by atoms with Crippen LogP contribution in [0.5, 0.6) is 11.6 Å². The maximum Gasteiger partial charge on any atom is 0.343 e. The average Bonchev–Trinajstić information content (AvgIpc) is 3.80. The number of ether oxygens (including phenoxy) is 2. The van der Waals surface area contributed by atoms with E-state index in [1.165, 1.54) is 7.11 Å². The molecule has 0 aliphatic heterocycles. The van der Waals surface area contributed by atoms with Crippen LogP contribution in [0.25, 0.3) is 11.1 Å². The SMILES string of the molecule is CCOP(C)(=O)C[C@@H](c1cccc(OC(=O)c2cc(CN(C(C)C)C(C)C)c(-c3cc(OC)ncc3F)cc2C)c1)C1CC1. The molecule has 1 unspecified atom stereocenters. The van der Waals surface area contributed by atoms with Crippen molar-refractivity contribution in [3.63, 3.8) is 0 Å². The van der Waals surface area contributed by atoms with Crippen molar-refractivity contribution < 1.29 is 27.7 Å². The van der Waals surface area contributed by atoms with Gasteiger partial charge in [0.2, 0.25) is 13.2 Å². The predicted molar refractivity (Wildman–Crippen MR) is 174 cm³/mol. The predicted octanol–water partition coefficient (Wildman–Crippen LogP) is 8.48. The molecule has 7 nitrogen and oxygen atoms in total. The topological polar surface area (TPSA) is 78.0 Å². The Hall–Kier alpha value is -3.06. The minimum Gasteiger partial charge on any atom is -0.481 e. The lowest BCUT2D eigenvalue weighted by atomic mass is 9.93. The fourth-order valence-corrected chi connectivity index (χ4v) is 7.80. The van der Waals surface area contributed by atoms with E-state index in [0.717, 1.165) is 30.2 Å². The second kappa shape index (κ2) is 14.4. The molecular weight excluding hydrogens is 578 g/mol. The Balaban J connectivity index is 1.69. The molecule has 1 fully saturated rings. The van der Waals surface area contributed by atoms with Crippen molar-refractivity contribution in [1.82, 2.24) is 9.88 Å². The molecule has 0 radical (unpaired) electrons. The number of pyridine rings is 1. The van der Waals surface area contributed by atoms with Crippen LogP contribution in [-0.4, -0.2) is 54.5 Å². The minimum atomic E-state index is -2.75. The highest BCUT2D eigenvalue weighted by Crippen LogP contribution is 2.53. The van der Waals surface area contributed by atoms with Crippen molar-refractivity contribution in [3.05, 3.63) is 76.7 Å². The molecule has 1 aliphatic rings. The summed E-state index contributed by atoms with van der Waals surface area (Å²) < 4.78 is 45.0. The summed E-state index contributed by atoms with van der Waals surface area (Å²) in [5, 5.41) is 0. The Morgan fingerprint density at radius 3 is 2.41 bits per heavy atom. The number of carbonyl (C=O) groups excluding carboxylic acids is 1. The van der Waals surface area contributed by atoms with Crippen LogP contribution in [0.15, 0.2) is 48.7 Å². The van der Waals surface area contributed by atoms with Gasteiger partial charge < -0.3 is 14.0 Å². The van der Waals surface area contributed by atoms with Crippen molar-refractivity contribution >= 4 is 13.3 Å². The van der Waals surface area contributed by atoms with Crippen molar-refractivity contribution in [2.45, 2.75) is 78.9 Å². The zero-order valence-corrected chi connectivity index (χ0v) is 28.1. The second-order valence-corrected chi connectivity index (χ2v) is 15.1. The van der Waals surface area contributed by atoms with Crippen molar-refractivity contribution in [3.8, 4) is 22.8 Å². The van der Waals surface area contributed by atoms with Gasteiger partial charge in [-0.25, -0.2) is 14.2 Å². The third-order valence-corrected chi connectivity index (χ3v) is 10.2. The Morgan fingerprint density at radius 2 is 1.80 bits per heavy atom. The maximum absolute atomic E-state index is 15.2. The molecule has 44 heavy (non-hydrogen) atoms. The molecule has 0 saturated heterocycles. The molecule has 1 aliphatic carbocycles. The molecule has 0 bridgehead atoms.